The van der Waals surface area contributed by atoms with Crippen molar-refractivity contribution < 1.29 is 19.2 Å². The van der Waals surface area contributed by atoms with Gasteiger partial charge in [0.15, 0.2) is 5.82 Å². The third-order valence-corrected chi connectivity index (χ3v) is 7.26. The Hall–Kier alpha value is -3.45. The highest BCUT2D eigenvalue weighted by Crippen LogP contribution is 2.41. The lowest BCUT2D eigenvalue weighted by Gasteiger charge is -2.23. The molecule has 0 unspecified atom stereocenters. The lowest BCUT2D eigenvalue weighted by molar-refractivity contribution is -0.384. The van der Waals surface area contributed by atoms with Crippen LogP contribution in [-0.2, 0) is 5.60 Å². The summed E-state index contributed by atoms with van der Waals surface area (Å²) in [4.78, 5) is 24.3. The van der Waals surface area contributed by atoms with Crippen molar-refractivity contribution in [3.63, 3.8) is 0 Å². The van der Waals surface area contributed by atoms with Crippen molar-refractivity contribution in [3.8, 4) is 5.75 Å². The number of anilines is 5. The quantitative estimate of drug-likeness (QED) is 0.210. The monoisotopic (exact) mass is 593 g/mol. The Bertz CT molecular complexity index is 1440. The van der Waals surface area contributed by atoms with E-state index in [2.05, 4.69) is 25.5 Å². The zero-order valence-electron chi connectivity index (χ0n) is 22.6. The minimum atomic E-state index is -1.41. The van der Waals surface area contributed by atoms with Gasteiger partial charge in [0, 0.05) is 42.5 Å². The van der Waals surface area contributed by atoms with Crippen LogP contribution in [-0.4, -0.2) is 65.2 Å². The van der Waals surface area contributed by atoms with Crippen LogP contribution >= 0.6 is 23.2 Å². The molecular weight excluding hydrogens is 564 g/mol. The van der Waals surface area contributed by atoms with Gasteiger partial charge in [-0.3, -0.25) is 10.1 Å². The van der Waals surface area contributed by atoms with E-state index in [1.165, 1.54) is 39.3 Å². The predicted octanol–water partition coefficient (Wildman–Crippen LogP) is 5.69. The van der Waals surface area contributed by atoms with Crippen LogP contribution in [0.5, 0.6) is 5.75 Å². The number of halogens is 3. The molecule has 11 nitrogen and oxygen atoms in total. The largest absolute Gasteiger partial charge is 0.494 e. The first-order valence-electron chi connectivity index (χ1n) is 12.3. The molecule has 40 heavy (non-hydrogen) atoms. The third kappa shape index (κ3) is 6.30. The molecule has 1 aromatic heterocycles. The van der Waals surface area contributed by atoms with Crippen LogP contribution in [0.1, 0.15) is 25.8 Å². The zero-order chi connectivity index (χ0) is 29.4. The number of likely N-dealkylation sites (N-methyl/N-ethyl adjacent to an activating group) is 1. The number of benzene rings is 2. The van der Waals surface area contributed by atoms with Crippen LogP contribution in [0.4, 0.5) is 38.9 Å². The van der Waals surface area contributed by atoms with Crippen LogP contribution < -0.4 is 20.3 Å². The molecule has 0 bridgehead atoms. The lowest BCUT2D eigenvalue weighted by atomic mass is 9.96. The molecule has 0 spiro atoms. The second kappa shape index (κ2) is 11.6. The fourth-order valence-corrected chi connectivity index (χ4v) is 4.83. The molecule has 1 fully saturated rings. The maximum Gasteiger partial charge on any atom is 0.294 e. The summed E-state index contributed by atoms with van der Waals surface area (Å²) in [5.74, 6) is -0.149. The number of hydrogen-bond donors (Lipinski definition) is 3. The number of aliphatic hydroxyl groups is 1. The molecular formula is C26H30Cl2FN7O4. The molecule has 214 valence electrons. The predicted molar refractivity (Wildman–Crippen MR) is 154 cm³/mol. The van der Waals surface area contributed by atoms with Crippen LogP contribution in [0.15, 0.2) is 30.5 Å². The molecule has 0 aliphatic carbocycles. The molecule has 0 radical (unpaired) electrons. The summed E-state index contributed by atoms with van der Waals surface area (Å²) in [6.07, 6.45) is 2.21. The Balaban J connectivity index is 1.68. The van der Waals surface area contributed by atoms with E-state index >= 15 is 0 Å². The van der Waals surface area contributed by atoms with Crippen LogP contribution in [0.2, 0.25) is 10.0 Å². The second-order valence-corrected chi connectivity index (χ2v) is 11.0. The van der Waals surface area contributed by atoms with E-state index in [-0.39, 0.29) is 50.5 Å². The highest BCUT2D eigenvalue weighted by Gasteiger charge is 2.30. The summed E-state index contributed by atoms with van der Waals surface area (Å²) in [5.41, 5.74) is -0.259. The third-order valence-electron chi connectivity index (χ3n) is 6.69. The number of hydrogen-bond acceptors (Lipinski definition) is 10. The number of nitrogens with one attached hydrogen (secondary N) is 2. The molecule has 2 heterocycles. The molecule has 1 aliphatic heterocycles. The van der Waals surface area contributed by atoms with Gasteiger partial charge in [-0.05, 0) is 46.5 Å². The Morgan fingerprint density at radius 3 is 2.52 bits per heavy atom. The second-order valence-electron chi connectivity index (χ2n) is 10.2. The highest BCUT2D eigenvalue weighted by atomic mass is 35.5. The normalized spacial score (nSPS) is 15.4. The summed E-state index contributed by atoms with van der Waals surface area (Å²) < 4.78 is 19.7. The highest BCUT2D eigenvalue weighted by molar-refractivity contribution is 6.33. The van der Waals surface area contributed by atoms with Gasteiger partial charge < -0.3 is 30.3 Å². The van der Waals surface area contributed by atoms with Crippen molar-refractivity contribution in [2.75, 3.05) is 49.8 Å². The van der Waals surface area contributed by atoms with Crippen molar-refractivity contribution in [1.29, 1.82) is 0 Å². The van der Waals surface area contributed by atoms with Gasteiger partial charge in [-0.1, -0.05) is 23.2 Å². The number of nitro groups is 1. The van der Waals surface area contributed by atoms with Gasteiger partial charge in [-0.25, -0.2) is 9.37 Å². The molecule has 1 atom stereocenters. The Morgan fingerprint density at radius 1 is 1.20 bits per heavy atom. The molecule has 3 N–H and O–H groups in total. The molecule has 1 aliphatic rings. The molecule has 0 amide bonds. The van der Waals surface area contributed by atoms with E-state index < -0.39 is 16.3 Å². The van der Waals surface area contributed by atoms with Crippen molar-refractivity contribution in [2.45, 2.75) is 31.9 Å². The SMILES string of the molecule is COc1cc(N2CC[C@@H](N(C)C)C2)c([N+](=O)[O-])cc1Nc1ncc(Cl)c(Nc2cc(Cl)c(F)cc2C(C)(C)O)n1. The van der Waals surface area contributed by atoms with Gasteiger partial charge in [0.05, 0.1) is 34.5 Å². The van der Waals surface area contributed by atoms with Gasteiger partial charge in [0.1, 0.15) is 22.3 Å². The molecule has 2 aromatic carbocycles. The van der Waals surface area contributed by atoms with Crippen LogP contribution in [0.3, 0.4) is 0 Å². The van der Waals surface area contributed by atoms with Gasteiger partial charge in [-0.2, -0.15) is 4.98 Å². The first-order chi connectivity index (χ1) is 18.8. The molecule has 14 heteroatoms. The standard InChI is InChI=1S/C26H30Cl2FN7O4/c1-26(2,37)15-8-18(29)16(27)9-19(15)31-24-17(28)12-30-25(33-24)32-20-10-22(36(38)39)21(11-23(20)40-5)35-7-6-14(13-35)34(3)4/h8-12,14,37H,6-7,13H2,1-5H3,(H2,30,31,32,33)/t14-/m1/s1. The van der Waals surface area contributed by atoms with E-state index in [1.54, 1.807) is 6.07 Å². The van der Waals surface area contributed by atoms with Crippen LogP contribution in [0, 0.1) is 15.9 Å². The number of rotatable bonds is 9. The lowest BCUT2D eigenvalue weighted by Crippen LogP contribution is -2.31. The first-order valence-corrected chi connectivity index (χ1v) is 13.1. The maximum atomic E-state index is 14.2. The maximum absolute atomic E-state index is 14.2. The van der Waals surface area contributed by atoms with Gasteiger partial charge in [0.2, 0.25) is 5.95 Å². The average Bonchev–Trinajstić information content (AvgIpc) is 3.38. The number of nitrogens with zero attached hydrogens (tertiary/aromatic N) is 5. The van der Waals surface area contributed by atoms with Crippen molar-refractivity contribution >= 4 is 57.7 Å². The number of nitro benzene ring substituents is 1. The van der Waals surface area contributed by atoms with E-state index in [9.17, 15) is 19.6 Å². The summed E-state index contributed by atoms with van der Waals surface area (Å²) in [5, 5.41) is 28.5. The number of ether oxygens (including phenoxy) is 1. The van der Waals surface area contributed by atoms with Crippen molar-refractivity contribution in [1.82, 2.24) is 14.9 Å². The summed E-state index contributed by atoms with van der Waals surface area (Å²) in [6.45, 7) is 4.33. The van der Waals surface area contributed by atoms with E-state index in [4.69, 9.17) is 27.9 Å². The summed E-state index contributed by atoms with van der Waals surface area (Å²) in [6, 6.07) is 5.74. The van der Waals surface area contributed by atoms with Gasteiger partial charge >= 0.3 is 0 Å². The van der Waals surface area contributed by atoms with E-state index in [0.29, 0.717) is 24.5 Å². The molecule has 4 rings (SSSR count). The van der Waals surface area contributed by atoms with Gasteiger partial charge in [0.25, 0.3) is 5.69 Å². The zero-order valence-corrected chi connectivity index (χ0v) is 24.1. The van der Waals surface area contributed by atoms with Crippen molar-refractivity contribution in [2.24, 2.45) is 0 Å². The minimum absolute atomic E-state index is 0.0547. The smallest absolute Gasteiger partial charge is 0.294 e. The van der Waals surface area contributed by atoms with Gasteiger partial charge in [-0.15, -0.1) is 0 Å². The first kappa shape index (κ1) is 29.5. The van der Waals surface area contributed by atoms with E-state index in [1.807, 2.05) is 19.0 Å². The molecule has 0 saturated carbocycles. The van der Waals surface area contributed by atoms with Crippen molar-refractivity contribution in [3.05, 3.63) is 62.0 Å². The minimum Gasteiger partial charge on any atom is -0.494 e. The number of aromatic nitrogens is 2. The Labute approximate surface area is 241 Å². The summed E-state index contributed by atoms with van der Waals surface area (Å²) in [7, 11) is 5.44. The Morgan fingerprint density at radius 2 is 1.93 bits per heavy atom. The molecule has 1 saturated heterocycles. The summed E-state index contributed by atoms with van der Waals surface area (Å²) >= 11 is 12.3. The van der Waals surface area contributed by atoms with E-state index in [0.717, 1.165) is 12.5 Å². The average molecular weight is 594 g/mol. The fraction of sp³-hybridized carbons (Fsp3) is 0.385. The molecule has 3 aromatic rings. The number of methoxy groups -OCH3 is 1. The van der Waals surface area contributed by atoms with Crippen LogP contribution in [0.25, 0.3) is 0 Å². The Kier molecular flexibility index (Phi) is 8.55. The fourth-order valence-electron chi connectivity index (χ4n) is 4.53. The topological polar surface area (TPSA) is 129 Å².